The predicted octanol–water partition coefficient (Wildman–Crippen LogP) is 4.23. The molecule has 2 aromatic heterocycles. The van der Waals surface area contributed by atoms with E-state index in [2.05, 4.69) is 10.1 Å². The topological polar surface area (TPSA) is 73.8 Å². The quantitative estimate of drug-likeness (QED) is 0.522. The van der Waals surface area contributed by atoms with Gasteiger partial charge in [0.05, 0.1) is 17.2 Å². The number of aryl methyl sites for hydroxylation is 1. The third kappa shape index (κ3) is 3.11. The summed E-state index contributed by atoms with van der Waals surface area (Å²) in [5.74, 6) is 0. The van der Waals surface area contributed by atoms with Crippen LogP contribution in [-0.4, -0.2) is 19.7 Å². The summed E-state index contributed by atoms with van der Waals surface area (Å²) in [6.45, 7) is 3.75. The second kappa shape index (κ2) is 6.10. The molecule has 0 saturated heterocycles. The van der Waals surface area contributed by atoms with E-state index in [0.717, 1.165) is 16.3 Å². The number of aromatic nitrogens is 3. The third-order valence-electron chi connectivity index (χ3n) is 3.48. The average molecular weight is 349 g/mol. The summed E-state index contributed by atoms with van der Waals surface area (Å²) in [7, 11) is 0. The lowest BCUT2D eigenvalue weighted by atomic mass is 10.2. The van der Waals surface area contributed by atoms with Crippen LogP contribution >= 0.6 is 22.9 Å². The Balaban J connectivity index is 1.86. The summed E-state index contributed by atoms with van der Waals surface area (Å²) in [5.41, 5.74) is 2.83. The fourth-order valence-electron chi connectivity index (χ4n) is 2.36. The lowest BCUT2D eigenvalue weighted by molar-refractivity contribution is -0.386. The van der Waals surface area contributed by atoms with Gasteiger partial charge in [-0.15, -0.1) is 11.3 Å². The minimum atomic E-state index is -0.394. The molecule has 0 saturated carbocycles. The van der Waals surface area contributed by atoms with Crippen molar-refractivity contribution in [2.24, 2.45) is 0 Å². The van der Waals surface area contributed by atoms with Crippen molar-refractivity contribution in [3.05, 3.63) is 61.9 Å². The Morgan fingerprint density at radius 3 is 2.61 bits per heavy atom. The zero-order chi connectivity index (χ0) is 16.6. The molecule has 0 spiro atoms. The van der Waals surface area contributed by atoms with E-state index in [4.69, 9.17) is 11.6 Å². The molecule has 3 rings (SSSR count). The molecule has 0 unspecified atom stereocenters. The number of nitrogens with zero attached hydrogens (tertiary/aromatic N) is 4. The van der Waals surface area contributed by atoms with Crippen molar-refractivity contribution in [3.8, 4) is 10.6 Å². The number of halogens is 1. The van der Waals surface area contributed by atoms with Gasteiger partial charge in [-0.3, -0.25) is 14.8 Å². The Morgan fingerprint density at radius 2 is 2.00 bits per heavy atom. The second-order valence-corrected chi connectivity index (χ2v) is 6.38. The first-order valence-electron chi connectivity index (χ1n) is 6.84. The number of nitro groups is 1. The summed E-state index contributed by atoms with van der Waals surface area (Å²) >= 11 is 7.41. The Kier molecular flexibility index (Phi) is 4.14. The molecule has 0 radical (unpaired) electrons. The lowest BCUT2D eigenvalue weighted by Crippen LogP contribution is -2.04. The van der Waals surface area contributed by atoms with Crippen LogP contribution in [0.1, 0.15) is 17.1 Å². The largest absolute Gasteiger partial charge is 0.312 e. The molecule has 1 aromatic carbocycles. The van der Waals surface area contributed by atoms with Gasteiger partial charge in [0, 0.05) is 16.0 Å². The van der Waals surface area contributed by atoms with Crippen LogP contribution < -0.4 is 0 Å². The van der Waals surface area contributed by atoms with E-state index in [1.54, 1.807) is 18.5 Å². The van der Waals surface area contributed by atoms with Crippen molar-refractivity contribution in [3.63, 3.8) is 0 Å². The highest BCUT2D eigenvalue weighted by molar-refractivity contribution is 7.13. The van der Waals surface area contributed by atoms with E-state index in [1.807, 2.05) is 29.6 Å². The van der Waals surface area contributed by atoms with Crippen LogP contribution in [0.15, 0.2) is 29.6 Å². The van der Waals surface area contributed by atoms with Gasteiger partial charge < -0.3 is 0 Å². The molecular formula is C15H13ClN4O2S. The minimum absolute atomic E-state index is 0.0677. The standard InChI is InChI=1S/C15H13ClN4O2S/c1-9-14(20(21)22)10(2)19(18-9)7-13-8-23-15(17-13)11-3-5-12(16)6-4-11/h3-6,8H,7H2,1-2H3. The van der Waals surface area contributed by atoms with Crippen molar-refractivity contribution in [1.29, 1.82) is 0 Å². The molecule has 3 aromatic rings. The van der Waals surface area contributed by atoms with Crippen molar-refractivity contribution >= 4 is 28.6 Å². The van der Waals surface area contributed by atoms with Crippen molar-refractivity contribution in [2.45, 2.75) is 20.4 Å². The maximum absolute atomic E-state index is 11.1. The SMILES string of the molecule is Cc1nn(Cc2csc(-c3ccc(Cl)cc3)n2)c(C)c1[N+](=O)[O-]. The minimum Gasteiger partial charge on any atom is -0.258 e. The van der Waals surface area contributed by atoms with Crippen LogP contribution in [0.25, 0.3) is 10.6 Å². The summed E-state index contributed by atoms with van der Waals surface area (Å²) in [6, 6.07) is 7.48. The molecule has 0 fully saturated rings. The van der Waals surface area contributed by atoms with Gasteiger partial charge in [-0.1, -0.05) is 23.7 Å². The highest BCUT2D eigenvalue weighted by Crippen LogP contribution is 2.27. The molecule has 8 heteroatoms. The van der Waals surface area contributed by atoms with Gasteiger partial charge in [-0.25, -0.2) is 4.98 Å². The Bertz CT molecular complexity index is 870. The number of thiazole rings is 1. The number of rotatable bonds is 4. The summed E-state index contributed by atoms with van der Waals surface area (Å²) in [5, 5.41) is 18.8. The van der Waals surface area contributed by atoms with E-state index in [1.165, 1.54) is 11.3 Å². The number of hydrogen-bond acceptors (Lipinski definition) is 5. The van der Waals surface area contributed by atoms with Crippen molar-refractivity contribution < 1.29 is 4.92 Å². The van der Waals surface area contributed by atoms with Crippen LogP contribution in [0.4, 0.5) is 5.69 Å². The van der Waals surface area contributed by atoms with Crippen molar-refractivity contribution in [2.75, 3.05) is 0 Å². The van der Waals surface area contributed by atoms with Crippen molar-refractivity contribution in [1.82, 2.24) is 14.8 Å². The Morgan fingerprint density at radius 1 is 1.30 bits per heavy atom. The van der Waals surface area contributed by atoms with E-state index in [-0.39, 0.29) is 5.69 Å². The normalized spacial score (nSPS) is 10.9. The van der Waals surface area contributed by atoms with Crippen LogP contribution in [0.5, 0.6) is 0 Å². The van der Waals surface area contributed by atoms with Crippen LogP contribution in [0.3, 0.4) is 0 Å². The van der Waals surface area contributed by atoms with E-state index in [0.29, 0.717) is 23.0 Å². The first-order chi connectivity index (χ1) is 11.0. The molecule has 0 N–H and O–H groups in total. The van der Waals surface area contributed by atoms with Gasteiger partial charge in [-0.2, -0.15) is 5.10 Å². The highest BCUT2D eigenvalue weighted by Gasteiger charge is 2.22. The number of hydrogen-bond donors (Lipinski definition) is 0. The molecule has 0 aliphatic rings. The summed E-state index contributed by atoms with van der Waals surface area (Å²) in [6.07, 6.45) is 0. The second-order valence-electron chi connectivity index (χ2n) is 5.09. The molecule has 23 heavy (non-hydrogen) atoms. The smallest absolute Gasteiger partial charge is 0.258 e. The molecule has 6 nitrogen and oxygen atoms in total. The molecule has 0 bridgehead atoms. The van der Waals surface area contributed by atoms with Gasteiger partial charge in [0.2, 0.25) is 0 Å². The highest BCUT2D eigenvalue weighted by atomic mass is 35.5. The van der Waals surface area contributed by atoms with E-state index in [9.17, 15) is 10.1 Å². The fraction of sp³-hybridized carbons (Fsp3) is 0.200. The fourth-order valence-corrected chi connectivity index (χ4v) is 3.31. The monoisotopic (exact) mass is 348 g/mol. The molecule has 0 aliphatic carbocycles. The predicted molar refractivity (Wildman–Crippen MR) is 90.0 cm³/mol. The molecular weight excluding hydrogens is 336 g/mol. The maximum Gasteiger partial charge on any atom is 0.312 e. The van der Waals surface area contributed by atoms with Crippen LogP contribution in [0, 0.1) is 24.0 Å². The summed E-state index contributed by atoms with van der Waals surface area (Å²) < 4.78 is 1.62. The Hall–Kier alpha value is -2.25. The van der Waals surface area contributed by atoms with Gasteiger partial charge in [0.1, 0.15) is 16.4 Å². The third-order valence-corrected chi connectivity index (χ3v) is 4.67. The first-order valence-corrected chi connectivity index (χ1v) is 8.10. The molecule has 0 atom stereocenters. The van der Waals surface area contributed by atoms with Crippen LogP contribution in [-0.2, 0) is 6.54 Å². The zero-order valence-electron chi connectivity index (χ0n) is 12.5. The Labute approximate surface area is 141 Å². The number of benzene rings is 1. The molecule has 2 heterocycles. The molecule has 0 amide bonds. The van der Waals surface area contributed by atoms with E-state index < -0.39 is 4.92 Å². The molecule has 0 aliphatic heterocycles. The van der Waals surface area contributed by atoms with Gasteiger partial charge in [-0.05, 0) is 26.0 Å². The van der Waals surface area contributed by atoms with Crippen LogP contribution in [0.2, 0.25) is 5.02 Å². The van der Waals surface area contributed by atoms with Gasteiger partial charge in [0.25, 0.3) is 0 Å². The lowest BCUT2D eigenvalue weighted by Gasteiger charge is -2.00. The maximum atomic E-state index is 11.1. The van der Waals surface area contributed by atoms with E-state index >= 15 is 0 Å². The zero-order valence-corrected chi connectivity index (χ0v) is 14.1. The first kappa shape index (κ1) is 15.6. The van der Waals surface area contributed by atoms with Gasteiger partial charge in [0.15, 0.2) is 0 Å². The van der Waals surface area contributed by atoms with Gasteiger partial charge >= 0.3 is 5.69 Å². The average Bonchev–Trinajstić information content (AvgIpc) is 3.05. The summed E-state index contributed by atoms with van der Waals surface area (Å²) in [4.78, 5) is 15.2. The molecule has 118 valence electrons.